The van der Waals surface area contributed by atoms with Crippen molar-refractivity contribution in [3.63, 3.8) is 0 Å². The van der Waals surface area contributed by atoms with Crippen molar-refractivity contribution in [3.8, 4) is 0 Å². The molecule has 149 valence electrons. The maximum atomic E-state index is 6.77. The lowest BCUT2D eigenvalue weighted by molar-refractivity contribution is 0.163. The first-order valence-electron chi connectivity index (χ1n) is 11.2. The van der Waals surface area contributed by atoms with Gasteiger partial charge in [0, 0.05) is 6.10 Å². The Labute approximate surface area is 167 Å². The first-order valence-corrected chi connectivity index (χ1v) is 15.8. The molecule has 0 bridgehead atoms. The molecule has 0 amide bonds. The summed E-state index contributed by atoms with van der Waals surface area (Å²) in [5, 5.41) is 3.29. The van der Waals surface area contributed by atoms with Crippen LogP contribution in [0.2, 0.25) is 28.7 Å². The fraction of sp³-hybridized carbons (Fsp3) is 1.00. The molecular weight excluding hydrogens is 335 g/mol. The second-order valence-corrected chi connectivity index (χ2v) is 15.9. The molecule has 1 nitrogen and oxygen atoms in total. The summed E-state index contributed by atoms with van der Waals surface area (Å²) >= 11 is 0.650. The van der Waals surface area contributed by atoms with Crippen LogP contribution in [-0.2, 0) is 4.43 Å². The van der Waals surface area contributed by atoms with Crippen molar-refractivity contribution in [3.05, 3.63) is 0 Å². The van der Waals surface area contributed by atoms with E-state index in [0.717, 1.165) is 0 Å². The zero-order valence-electron chi connectivity index (χ0n) is 18.8. The second-order valence-electron chi connectivity index (χ2n) is 9.42. The van der Waals surface area contributed by atoms with Gasteiger partial charge in [-0.25, -0.2) is 0 Å². The highest BCUT2D eigenvalue weighted by atomic mass is 28.4. The van der Waals surface area contributed by atoms with Gasteiger partial charge in [0.25, 0.3) is 0 Å². The van der Waals surface area contributed by atoms with Crippen molar-refractivity contribution in [2.24, 2.45) is 0 Å². The molecule has 0 aliphatic heterocycles. The number of rotatable bonds is 16. The van der Waals surface area contributed by atoms with Crippen LogP contribution in [0.3, 0.4) is 0 Å². The van der Waals surface area contributed by atoms with Gasteiger partial charge in [-0.15, -0.1) is 10.6 Å². The Morgan fingerprint density at radius 3 is 1.92 bits per heavy atom. The van der Waals surface area contributed by atoms with Gasteiger partial charge in [-0.3, -0.25) is 0 Å². The molecule has 0 aromatic carbocycles. The van der Waals surface area contributed by atoms with Gasteiger partial charge >= 0.3 is 0 Å². The van der Waals surface area contributed by atoms with Crippen LogP contribution in [0.1, 0.15) is 105 Å². The summed E-state index contributed by atoms with van der Waals surface area (Å²) in [6, 6.07) is 0. The summed E-state index contributed by atoms with van der Waals surface area (Å²) in [4.78, 5) is 0. The van der Waals surface area contributed by atoms with E-state index in [-0.39, 0.29) is 0 Å². The zero-order valence-corrected chi connectivity index (χ0v) is 20.9. The van der Waals surface area contributed by atoms with Crippen molar-refractivity contribution in [1.82, 2.24) is 0 Å². The second kappa shape index (κ2) is 14.7. The molecule has 1 radical (unpaired) electrons. The fourth-order valence-electron chi connectivity index (χ4n) is 2.99. The lowest BCUT2D eigenvalue weighted by Gasteiger charge is -2.39. The lowest BCUT2D eigenvalue weighted by Crippen LogP contribution is -2.44. The molecular formula is C22H48AlOSi. The molecule has 0 aromatic rings. The van der Waals surface area contributed by atoms with Crippen molar-refractivity contribution < 1.29 is 4.43 Å². The van der Waals surface area contributed by atoms with Crippen LogP contribution < -0.4 is 0 Å². The van der Waals surface area contributed by atoms with Crippen LogP contribution in [0.25, 0.3) is 0 Å². The third-order valence-electron chi connectivity index (χ3n) is 5.85. The maximum absolute atomic E-state index is 6.77. The quantitative estimate of drug-likeness (QED) is 0.192. The Hall–Kier alpha value is 0.709. The van der Waals surface area contributed by atoms with Gasteiger partial charge in [-0.2, -0.15) is 0 Å². The largest absolute Gasteiger partial charge is 0.414 e. The summed E-state index contributed by atoms with van der Waals surface area (Å²) < 4.78 is 6.77. The van der Waals surface area contributed by atoms with E-state index >= 15 is 0 Å². The van der Waals surface area contributed by atoms with Gasteiger partial charge in [0.2, 0.25) is 0 Å². The first-order chi connectivity index (χ1) is 11.7. The fourth-order valence-corrected chi connectivity index (χ4v) is 5.89. The molecule has 0 fully saturated rings. The highest BCUT2D eigenvalue weighted by Crippen LogP contribution is 2.38. The van der Waals surface area contributed by atoms with E-state index in [1.54, 1.807) is 0 Å². The molecule has 0 heterocycles. The van der Waals surface area contributed by atoms with E-state index in [4.69, 9.17) is 4.43 Å². The Morgan fingerprint density at radius 2 is 1.32 bits per heavy atom. The average molecular weight is 384 g/mol. The SMILES string of the molecule is CCCCCCC[CH2][Al][CH2]CC(CCCCC)O[Si](C)(C)C(C)(C)C. The molecule has 0 rings (SSSR count). The molecule has 0 saturated carbocycles. The van der Waals surface area contributed by atoms with Crippen LogP contribution in [0.5, 0.6) is 0 Å². The predicted octanol–water partition coefficient (Wildman–Crippen LogP) is 8.25. The molecule has 0 aliphatic rings. The topological polar surface area (TPSA) is 9.23 Å². The average Bonchev–Trinajstić information content (AvgIpc) is 2.52. The molecule has 0 aliphatic carbocycles. The van der Waals surface area contributed by atoms with Crippen LogP contribution >= 0.6 is 0 Å². The Bertz CT molecular complexity index is 299. The lowest BCUT2D eigenvalue weighted by atomic mass is 10.1. The number of hydrogen-bond donors (Lipinski definition) is 0. The number of unbranched alkanes of at least 4 members (excludes halogenated alkanes) is 7. The highest BCUT2D eigenvalue weighted by Gasteiger charge is 2.38. The van der Waals surface area contributed by atoms with E-state index in [0.29, 0.717) is 26.4 Å². The van der Waals surface area contributed by atoms with Gasteiger partial charge in [-0.05, 0) is 31.0 Å². The third kappa shape index (κ3) is 13.5. The Morgan fingerprint density at radius 1 is 0.760 bits per heavy atom. The summed E-state index contributed by atoms with van der Waals surface area (Å²) in [5.74, 6) is 0. The first kappa shape index (κ1) is 25.7. The van der Waals surface area contributed by atoms with E-state index in [9.17, 15) is 0 Å². The zero-order chi connectivity index (χ0) is 19.2. The Balaban J connectivity index is 4.07. The van der Waals surface area contributed by atoms with Crippen LogP contribution in [0.4, 0.5) is 0 Å². The normalized spacial score (nSPS) is 13.9. The van der Waals surface area contributed by atoms with E-state index in [1.807, 2.05) is 0 Å². The minimum atomic E-state index is -1.61. The van der Waals surface area contributed by atoms with Gasteiger partial charge in [-0.1, -0.05) is 92.4 Å². The van der Waals surface area contributed by atoms with Crippen molar-refractivity contribution in [2.45, 2.75) is 140 Å². The molecule has 0 N–H and O–H groups in total. The molecule has 0 aromatic heterocycles. The van der Waals surface area contributed by atoms with Crippen LogP contribution in [0, 0.1) is 0 Å². The minimum Gasteiger partial charge on any atom is -0.414 e. The van der Waals surface area contributed by atoms with Gasteiger partial charge in [0.1, 0.15) is 0 Å². The van der Waals surface area contributed by atoms with Gasteiger partial charge in [0.05, 0.1) is 0 Å². The number of hydrogen-bond acceptors (Lipinski definition) is 1. The third-order valence-corrected chi connectivity index (χ3v) is 11.9. The summed E-state index contributed by atoms with van der Waals surface area (Å²) in [5.41, 5.74) is 0. The van der Waals surface area contributed by atoms with Crippen molar-refractivity contribution in [1.29, 1.82) is 0 Å². The maximum Gasteiger partial charge on any atom is 0.200 e. The summed E-state index contributed by atoms with van der Waals surface area (Å²) in [7, 11) is -1.61. The highest BCUT2D eigenvalue weighted by molar-refractivity contribution is 6.74. The molecule has 3 heteroatoms. The monoisotopic (exact) mass is 383 g/mol. The standard InChI is InChI=1S/C14H31OSi.C8H17.Al/c1-8-10-11-12-13(9-2)15-16(6,7)14(3,4)5;1-3-5-7-8-6-4-2;/h13H,2,8-12H2,1,3-7H3;1,3-8H2,2H3;. The van der Waals surface area contributed by atoms with Crippen molar-refractivity contribution >= 4 is 23.5 Å². The smallest absolute Gasteiger partial charge is 0.200 e. The molecule has 1 atom stereocenters. The molecule has 0 spiro atoms. The van der Waals surface area contributed by atoms with E-state index in [2.05, 4.69) is 47.7 Å². The summed E-state index contributed by atoms with van der Waals surface area (Å²) in [6.45, 7) is 16.5. The Kier molecular flexibility index (Phi) is 15.1. The van der Waals surface area contributed by atoms with Crippen molar-refractivity contribution in [2.75, 3.05) is 0 Å². The van der Waals surface area contributed by atoms with Gasteiger partial charge < -0.3 is 4.43 Å². The van der Waals surface area contributed by atoms with Crippen LogP contribution in [0.15, 0.2) is 0 Å². The minimum absolute atomic E-state index is 0.335. The van der Waals surface area contributed by atoms with Crippen LogP contribution in [-0.4, -0.2) is 29.6 Å². The molecule has 1 unspecified atom stereocenters. The summed E-state index contributed by atoms with van der Waals surface area (Å²) in [6.07, 6.45) is 15.8. The molecule has 25 heavy (non-hydrogen) atoms. The van der Waals surface area contributed by atoms with Gasteiger partial charge in [0.15, 0.2) is 23.5 Å². The predicted molar refractivity (Wildman–Crippen MR) is 120 cm³/mol. The molecule has 0 saturated heterocycles. The van der Waals surface area contributed by atoms with E-state index < -0.39 is 8.32 Å². The van der Waals surface area contributed by atoms with E-state index in [1.165, 1.54) is 81.2 Å².